The van der Waals surface area contributed by atoms with E-state index in [1.165, 1.54) is 0 Å². The number of hydrazine groups is 1. The molecule has 1 saturated heterocycles. The highest BCUT2D eigenvalue weighted by atomic mass is 35.5. The van der Waals surface area contributed by atoms with Crippen molar-refractivity contribution in [2.75, 3.05) is 5.32 Å². The van der Waals surface area contributed by atoms with Gasteiger partial charge in [-0.2, -0.15) is 0 Å². The molecule has 0 amide bonds. The highest BCUT2D eigenvalue weighted by Gasteiger charge is 2.41. The summed E-state index contributed by atoms with van der Waals surface area (Å²) in [6, 6.07) is 25.2. The summed E-state index contributed by atoms with van der Waals surface area (Å²) in [5.74, 6) is 2.08. The third kappa shape index (κ3) is 4.14. The molecule has 7 heteroatoms. The number of para-hydroxylation sites is 1. The lowest BCUT2D eigenvalue weighted by Gasteiger charge is -2.34. The van der Waals surface area contributed by atoms with Crippen molar-refractivity contribution in [1.29, 1.82) is 0 Å². The van der Waals surface area contributed by atoms with Crippen molar-refractivity contribution in [2.24, 2.45) is 5.92 Å². The summed E-state index contributed by atoms with van der Waals surface area (Å²) in [5.41, 5.74) is 10.1. The van der Waals surface area contributed by atoms with Gasteiger partial charge in [-0.15, -0.1) is 0 Å². The molecule has 4 atom stereocenters. The van der Waals surface area contributed by atoms with Crippen molar-refractivity contribution in [3.63, 3.8) is 0 Å². The molecule has 1 aliphatic heterocycles. The Morgan fingerprint density at radius 3 is 2.50 bits per heavy atom. The van der Waals surface area contributed by atoms with Crippen LogP contribution in [-0.2, 0) is 0 Å². The van der Waals surface area contributed by atoms with Crippen molar-refractivity contribution >= 4 is 39.9 Å². The van der Waals surface area contributed by atoms with Gasteiger partial charge >= 0.3 is 0 Å². The molecule has 2 heterocycles. The summed E-state index contributed by atoms with van der Waals surface area (Å²) < 4.78 is 0. The summed E-state index contributed by atoms with van der Waals surface area (Å²) in [7, 11) is 0. The molecule has 0 spiro atoms. The standard InChI is InChI=1S/C27H25Cl2N5/c28-21-12-10-17(14-22(21)29)25-20-15-18(11-13-24(20)33-34-25)30-27-19-8-4-5-9-23(19)31-26(32-27)16-6-2-1-3-7-16/h1-10,12,14,18,20,24-25,33-34H,11,13,15H2,(H,30,31,32). The molecule has 6 rings (SSSR count). The Balaban J connectivity index is 1.29. The van der Waals surface area contributed by atoms with Gasteiger partial charge in [0.15, 0.2) is 5.82 Å². The topological polar surface area (TPSA) is 61.9 Å². The molecule has 2 fully saturated rings. The van der Waals surface area contributed by atoms with E-state index < -0.39 is 0 Å². The van der Waals surface area contributed by atoms with Gasteiger partial charge in [-0.3, -0.25) is 5.43 Å². The molecule has 3 N–H and O–H groups in total. The molecule has 172 valence electrons. The van der Waals surface area contributed by atoms with Crippen LogP contribution < -0.4 is 16.2 Å². The zero-order valence-corrected chi connectivity index (χ0v) is 20.0. The van der Waals surface area contributed by atoms with E-state index in [-0.39, 0.29) is 6.04 Å². The Hall–Kier alpha value is -2.70. The lowest BCUT2D eigenvalue weighted by Crippen LogP contribution is -2.39. The maximum Gasteiger partial charge on any atom is 0.162 e. The quantitative estimate of drug-likeness (QED) is 0.309. The lowest BCUT2D eigenvalue weighted by molar-refractivity contribution is 0.289. The second-order valence-corrected chi connectivity index (χ2v) is 9.96. The molecule has 1 aliphatic carbocycles. The smallest absolute Gasteiger partial charge is 0.162 e. The molecule has 0 radical (unpaired) electrons. The number of aromatic nitrogens is 2. The van der Waals surface area contributed by atoms with Gasteiger partial charge in [-0.25, -0.2) is 15.4 Å². The Bertz CT molecular complexity index is 1330. The number of nitrogens with one attached hydrogen (secondary N) is 3. The fourth-order valence-electron chi connectivity index (χ4n) is 5.32. The third-order valence-electron chi connectivity index (χ3n) is 7.03. The first-order valence-corrected chi connectivity index (χ1v) is 12.5. The fraction of sp³-hybridized carbons (Fsp3) is 0.259. The van der Waals surface area contributed by atoms with Gasteiger partial charge < -0.3 is 5.32 Å². The second kappa shape index (κ2) is 9.16. The molecular formula is C27H25Cl2N5. The van der Waals surface area contributed by atoms with E-state index in [1.807, 2.05) is 42.5 Å². The van der Waals surface area contributed by atoms with Crippen LogP contribution in [0.4, 0.5) is 5.82 Å². The monoisotopic (exact) mass is 489 g/mol. The van der Waals surface area contributed by atoms with Crippen LogP contribution in [-0.4, -0.2) is 22.1 Å². The average molecular weight is 490 g/mol. The first-order chi connectivity index (χ1) is 16.7. The minimum Gasteiger partial charge on any atom is -0.367 e. The second-order valence-electron chi connectivity index (χ2n) is 9.14. The van der Waals surface area contributed by atoms with Crippen LogP contribution >= 0.6 is 23.2 Å². The summed E-state index contributed by atoms with van der Waals surface area (Å²) in [6.07, 6.45) is 3.18. The zero-order chi connectivity index (χ0) is 23.1. The van der Waals surface area contributed by atoms with Gasteiger partial charge in [-0.1, -0.05) is 71.7 Å². The van der Waals surface area contributed by atoms with Gasteiger partial charge in [0.25, 0.3) is 0 Å². The fourth-order valence-corrected chi connectivity index (χ4v) is 5.63. The third-order valence-corrected chi connectivity index (χ3v) is 7.77. The van der Waals surface area contributed by atoms with E-state index >= 15 is 0 Å². The largest absolute Gasteiger partial charge is 0.367 e. The highest BCUT2D eigenvalue weighted by Crippen LogP contribution is 2.40. The molecule has 2 aliphatic rings. The molecule has 5 nitrogen and oxygen atoms in total. The van der Waals surface area contributed by atoms with E-state index in [9.17, 15) is 0 Å². The van der Waals surface area contributed by atoms with Gasteiger partial charge in [0.1, 0.15) is 5.82 Å². The van der Waals surface area contributed by atoms with Crippen LogP contribution in [0.1, 0.15) is 30.9 Å². The molecule has 0 bridgehead atoms. The minimum atomic E-state index is 0.186. The number of halogens is 2. The van der Waals surface area contributed by atoms with Crippen LogP contribution in [0.3, 0.4) is 0 Å². The van der Waals surface area contributed by atoms with Crippen molar-refractivity contribution in [2.45, 2.75) is 37.4 Å². The first kappa shape index (κ1) is 21.8. The molecule has 3 aromatic carbocycles. The van der Waals surface area contributed by atoms with E-state index in [0.29, 0.717) is 28.0 Å². The summed E-state index contributed by atoms with van der Waals surface area (Å²) >= 11 is 12.5. The summed E-state index contributed by atoms with van der Waals surface area (Å²) in [4.78, 5) is 9.79. The predicted molar refractivity (Wildman–Crippen MR) is 139 cm³/mol. The Labute approximate surface area is 208 Å². The molecule has 1 saturated carbocycles. The van der Waals surface area contributed by atoms with E-state index in [2.05, 4.69) is 46.5 Å². The van der Waals surface area contributed by atoms with E-state index in [0.717, 1.165) is 52.9 Å². The molecule has 34 heavy (non-hydrogen) atoms. The number of benzene rings is 3. The van der Waals surface area contributed by atoms with Crippen LogP contribution in [0, 0.1) is 5.92 Å². The Morgan fingerprint density at radius 2 is 1.65 bits per heavy atom. The zero-order valence-electron chi connectivity index (χ0n) is 18.5. The highest BCUT2D eigenvalue weighted by molar-refractivity contribution is 6.42. The number of hydrogen-bond acceptors (Lipinski definition) is 5. The van der Waals surface area contributed by atoms with Crippen LogP contribution in [0.5, 0.6) is 0 Å². The predicted octanol–water partition coefficient (Wildman–Crippen LogP) is 6.40. The maximum absolute atomic E-state index is 6.32. The lowest BCUT2D eigenvalue weighted by atomic mass is 9.77. The Morgan fingerprint density at radius 1 is 0.824 bits per heavy atom. The van der Waals surface area contributed by atoms with Crippen LogP contribution in [0.15, 0.2) is 72.8 Å². The van der Waals surface area contributed by atoms with Crippen molar-refractivity contribution < 1.29 is 0 Å². The normalized spacial score (nSPS) is 24.2. The van der Waals surface area contributed by atoms with Gasteiger partial charge in [0.05, 0.1) is 21.6 Å². The SMILES string of the molecule is Clc1ccc(C2NNC3CCC(Nc4nc(-c5ccccc5)nc5ccccc45)CC32)cc1Cl. The van der Waals surface area contributed by atoms with Crippen LogP contribution in [0.2, 0.25) is 10.0 Å². The average Bonchev–Trinajstić information content (AvgIpc) is 3.29. The molecule has 4 aromatic rings. The number of nitrogens with zero attached hydrogens (tertiary/aromatic N) is 2. The molecule has 4 unspecified atom stereocenters. The van der Waals surface area contributed by atoms with Crippen LogP contribution in [0.25, 0.3) is 22.3 Å². The number of hydrogen-bond donors (Lipinski definition) is 3. The summed E-state index contributed by atoms with van der Waals surface area (Å²) in [5, 5.41) is 6.01. The minimum absolute atomic E-state index is 0.186. The number of rotatable bonds is 4. The first-order valence-electron chi connectivity index (χ1n) is 11.7. The van der Waals surface area contributed by atoms with E-state index in [4.69, 9.17) is 33.2 Å². The van der Waals surface area contributed by atoms with E-state index in [1.54, 1.807) is 0 Å². The number of anilines is 1. The summed E-state index contributed by atoms with van der Waals surface area (Å²) in [6.45, 7) is 0. The van der Waals surface area contributed by atoms with Gasteiger partial charge in [0.2, 0.25) is 0 Å². The molecular weight excluding hydrogens is 465 g/mol. The van der Waals surface area contributed by atoms with Gasteiger partial charge in [0, 0.05) is 23.0 Å². The number of fused-ring (bicyclic) bond motifs is 2. The van der Waals surface area contributed by atoms with Crippen molar-refractivity contribution in [3.8, 4) is 11.4 Å². The molecule has 1 aromatic heterocycles. The van der Waals surface area contributed by atoms with Gasteiger partial charge in [-0.05, 0) is 55.0 Å². The maximum atomic E-state index is 6.32. The van der Waals surface area contributed by atoms with Crippen molar-refractivity contribution in [1.82, 2.24) is 20.8 Å². The van der Waals surface area contributed by atoms with Crippen molar-refractivity contribution in [3.05, 3.63) is 88.4 Å². The Kier molecular flexibility index (Phi) is 5.87.